The molecule has 2 aliphatic carbocycles. The van der Waals surface area contributed by atoms with Crippen LogP contribution in [0.3, 0.4) is 0 Å². The molecule has 1 heteroatoms. The summed E-state index contributed by atoms with van der Waals surface area (Å²) in [5, 5.41) is 2.50. The van der Waals surface area contributed by atoms with Gasteiger partial charge in [-0.1, -0.05) is 220 Å². The molecule has 63 heavy (non-hydrogen) atoms. The molecule has 0 unspecified atom stereocenters. The average Bonchev–Trinajstić information content (AvgIpc) is 3.78. The molecule has 10 aromatic carbocycles. The molecule has 10 aromatic rings. The van der Waals surface area contributed by atoms with E-state index in [4.69, 9.17) is 0 Å². The summed E-state index contributed by atoms with van der Waals surface area (Å²) in [6.45, 7) is 4.73. The first-order chi connectivity index (χ1) is 31.0. The highest BCUT2D eigenvalue weighted by Gasteiger charge is 2.46. The fourth-order valence-electron chi connectivity index (χ4n) is 11.1. The second-order valence-corrected chi connectivity index (χ2v) is 17.6. The molecule has 0 aromatic heterocycles. The van der Waals surface area contributed by atoms with E-state index in [2.05, 4.69) is 255 Å². The van der Waals surface area contributed by atoms with E-state index in [1.165, 1.54) is 88.7 Å². The predicted molar refractivity (Wildman–Crippen MR) is 264 cm³/mol. The van der Waals surface area contributed by atoms with Gasteiger partial charge in [0.2, 0.25) is 0 Å². The van der Waals surface area contributed by atoms with E-state index in [9.17, 15) is 0 Å². The number of para-hydroxylation sites is 1. The minimum atomic E-state index is -0.524. The van der Waals surface area contributed by atoms with Crippen LogP contribution in [0.25, 0.3) is 55.3 Å². The largest absolute Gasteiger partial charge is 0.310 e. The molecule has 0 amide bonds. The zero-order valence-corrected chi connectivity index (χ0v) is 35.5. The van der Waals surface area contributed by atoms with Crippen molar-refractivity contribution >= 4 is 27.8 Å². The third-order valence-electron chi connectivity index (χ3n) is 14.0. The van der Waals surface area contributed by atoms with Crippen LogP contribution >= 0.6 is 0 Å². The summed E-state index contributed by atoms with van der Waals surface area (Å²) in [4.78, 5) is 2.50. The first-order valence-corrected chi connectivity index (χ1v) is 22.1. The fourth-order valence-corrected chi connectivity index (χ4v) is 11.1. The van der Waals surface area contributed by atoms with Crippen LogP contribution in [-0.2, 0) is 10.8 Å². The lowest BCUT2D eigenvalue weighted by Crippen LogP contribution is -2.28. The molecule has 0 bridgehead atoms. The van der Waals surface area contributed by atoms with E-state index in [1.54, 1.807) is 0 Å². The number of nitrogens with zero attached hydrogens (tertiary/aromatic N) is 1. The lowest BCUT2D eigenvalue weighted by molar-refractivity contribution is 0.660. The van der Waals surface area contributed by atoms with Crippen LogP contribution in [0.15, 0.2) is 237 Å². The summed E-state index contributed by atoms with van der Waals surface area (Å²) in [7, 11) is 0. The van der Waals surface area contributed by atoms with Crippen LogP contribution in [0.4, 0.5) is 17.1 Å². The van der Waals surface area contributed by atoms with Gasteiger partial charge >= 0.3 is 0 Å². The Labute approximate surface area is 370 Å². The van der Waals surface area contributed by atoms with Crippen molar-refractivity contribution in [3.8, 4) is 44.5 Å². The number of anilines is 3. The minimum Gasteiger partial charge on any atom is -0.310 e. The Hall–Kier alpha value is -7.74. The second-order valence-electron chi connectivity index (χ2n) is 17.6. The van der Waals surface area contributed by atoms with Gasteiger partial charge in [-0.15, -0.1) is 0 Å². The smallest absolute Gasteiger partial charge is 0.0714 e. The van der Waals surface area contributed by atoms with Gasteiger partial charge in [-0.05, 0) is 113 Å². The predicted octanol–water partition coefficient (Wildman–Crippen LogP) is 16.3. The molecule has 1 nitrogen and oxygen atoms in total. The van der Waals surface area contributed by atoms with E-state index in [-0.39, 0.29) is 5.41 Å². The maximum atomic E-state index is 2.50. The van der Waals surface area contributed by atoms with Crippen molar-refractivity contribution in [1.82, 2.24) is 0 Å². The van der Waals surface area contributed by atoms with Crippen molar-refractivity contribution in [2.75, 3.05) is 4.90 Å². The van der Waals surface area contributed by atoms with Crippen LogP contribution < -0.4 is 4.90 Å². The highest BCUT2D eigenvalue weighted by Crippen LogP contribution is 2.58. The molecule has 298 valence electrons. The maximum Gasteiger partial charge on any atom is 0.0714 e. The van der Waals surface area contributed by atoms with Gasteiger partial charge in [0.05, 0.1) is 11.1 Å². The summed E-state index contributed by atoms with van der Waals surface area (Å²) in [5.41, 5.74) is 20.6. The summed E-state index contributed by atoms with van der Waals surface area (Å²) < 4.78 is 0. The SMILES string of the molecule is CC1(C)c2ccccc2-c2c(-c3ccccc3N(c3ccc(-c4cccc5ccccc45)cc3)c3ccc4c(c3)C(c3ccccc3)(c3ccccc3)c3ccccc3-4)cccc21. The van der Waals surface area contributed by atoms with Gasteiger partial charge in [-0.25, -0.2) is 0 Å². The minimum absolute atomic E-state index is 0.110. The van der Waals surface area contributed by atoms with Gasteiger partial charge in [0.15, 0.2) is 0 Å². The first kappa shape index (κ1) is 37.1. The number of hydrogen-bond acceptors (Lipinski definition) is 1. The van der Waals surface area contributed by atoms with Crippen molar-refractivity contribution in [2.24, 2.45) is 0 Å². The molecule has 12 rings (SSSR count). The first-order valence-electron chi connectivity index (χ1n) is 22.1. The summed E-state index contributed by atoms with van der Waals surface area (Å²) in [6, 6.07) is 87.8. The second kappa shape index (κ2) is 14.4. The van der Waals surface area contributed by atoms with Crippen LogP contribution in [0.1, 0.15) is 47.2 Å². The van der Waals surface area contributed by atoms with Crippen molar-refractivity contribution in [3.05, 3.63) is 270 Å². The molecular formula is C62H45N. The van der Waals surface area contributed by atoms with E-state index < -0.39 is 5.41 Å². The monoisotopic (exact) mass is 803 g/mol. The molecule has 0 atom stereocenters. The maximum absolute atomic E-state index is 2.50. The molecule has 0 N–H and O–H groups in total. The van der Waals surface area contributed by atoms with Crippen LogP contribution in [0.2, 0.25) is 0 Å². The van der Waals surface area contributed by atoms with Crippen molar-refractivity contribution < 1.29 is 0 Å². The van der Waals surface area contributed by atoms with Crippen LogP contribution in [0, 0.1) is 0 Å². The highest BCUT2D eigenvalue weighted by molar-refractivity contribution is 6.00. The summed E-state index contributed by atoms with van der Waals surface area (Å²) in [6.07, 6.45) is 0. The fraction of sp³-hybridized carbons (Fsp3) is 0.0645. The van der Waals surface area contributed by atoms with Crippen LogP contribution in [-0.4, -0.2) is 0 Å². The molecule has 0 saturated heterocycles. The van der Waals surface area contributed by atoms with Crippen molar-refractivity contribution in [3.63, 3.8) is 0 Å². The van der Waals surface area contributed by atoms with Crippen molar-refractivity contribution in [2.45, 2.75) is 24.7 Å². The number of benzene rings is 10. The number of fused-ring (bicyclic) bond motifs is 7. The Bertz CT molecular complexity index is 3310. The Morgan fingerprint density at radius 1 is 0.333 bits per heavy atom. The number of hydrogen-bond donors (Lipinski definition) is 0. The standard InChI is InChI=1S/C62H45N/c1-61(2)55-31-14-12-28-54(55)60-53(30-18-33-57(60)61)52-27-13-16-34-59(52)63(46-37-35-43(36-38-46)49-29-17-20-42-19-9-10-25-48(42)49)47-39-40-51-50-26-11-15-32-56(50)62(58(51)41-47,44-21-5-3-6-22-44)45-23-7-4-8-24-45/h3-41H,1-2H3. The quantitative estimate of drug-likeness (QED) is 0.155. The Morgan fingerprint density at radius 2 is 0.857 bits per heavy atom. The summed E-state index contributed by atoms with van der Waals surface area (Å²) >= 11 is 0. The zero-order chi connectivity index (χ0) is 42.1. The van der Waals surface area contributed by atoms with E-state index in [1.807, 2.05) is 0 Å². The topological polar surface area (TPSA) is 3.24 Å². The van der Waals surface area contributed by atoms with Crippen molar-refractivity contribution in [1.29, 1.82) is 0 Å². The van der Waals surface area contributed by atoms with Gasteiger partial charge in [0.25, 0.3) is 0 Å². The Kier molecular flexibility index (Phi) is 8.49. The molecule has 0 aliphatic heterocycles. The normalized spacial score (nSPS) is 13.8. The van der Waals surface area contributed by atoms with E-state index >= 15 is 0 Å². The van der Waals surface area contributed by atoms with Gasteiger partial charge in [0.1, 0.15) is 0 Å². The summed E-state index contributed by atoms with van der Waals surface area (Å²) in [5.74, 6) is 0. The Morgan fingerprint density at radius 3 is 1.62 bits per heavy atom. The Balaban J connectivity index is 1.11. The molecule has 0 radical (unpaired) electrons. The van der Waals surface area contributed by atoms with Gasteiger partial charge < -0.3 is 4.90 Å². The third-order valence-corrected chi connectivity index (χ3v) is 14.0. The molecule has 0 fully saturated rings. The number of rotatable bonds is 7. The molecule has 0 saturated carbocycles. The van der Waals surface area contributed by atoms with Crippen LogP contribution in [0.5, 0.6) is 0 Å². The lowest BCUT2D eigenvalue weighted by atomic mass is 9.67. The molecular weight excluding hydrogens is 759 g/mol. The van der Waals surface area contributed by atoms with Gasteiger partial charge in [-0.2, -0.15) is 0 Å². The van der Waals surface area contributed by atoms with Gasteiger partial charge in [0, 0.05) is 22.4 Å². The molecule has 0 heterocycles. The van der Waals surface area contributed by atoms with E-state index in [0.29, 0.717) is 0 Å². The van der Waals surface area contributed by atoms with E-state index in [0.717, 1.165) is 17.1 Å². The molecule has 0 spiro atoms. The zero-order valence-electron chi connectivity index (χ0n) is 35.5. The average molecular weight is 804 g/mol. The third kappa shape index (κ3) is 5.56. The highest BCUT2D eigenvalue weighted by atomic mass is 15.1. The lowest BCUT2D eigenvalue weighted by Gasteiger charge is -2.35. The molecule has 2 aliphatic rings. The van der Waals surface area contributed by atoms with Gasteiger partial charge in [-0.3, -0.25) is 0 Å².